The second-order valence-corrected chi connectivity index (χ2v) is 11.9. The van der Waals surface area contributed by atoms with Gasteiger partial charge in [-0.1, -0.05) is 37.3 Å². The molecule has 1 aliphatic carbocycles. The first-order valence-corrected chi connectivity index (χ1v) is 15.1. The molecule has 228 valence electrons. The summed E-state index contributed by atoms with van der Waals surface area (Å²) in [5, 5.41) is 9.54. The Bertz CT molecular complexity index is 1230. The number of nitrogens with one attached hydrogen (secondary N) is 3. The molecule has 9 nitrogen and oxygen atoms in total. The Morgan fingerprint density at radius 1 is 0.929 bits per heavy atom. The number of hydrogen-bond acceptors (Lipinski definition) is 6. The SMILES string of the molecule is COc1ccc(C(C)[C@H]2NC(=O)[C@@H](C)N(C)C(=O)[C@H](C3CC3)NC[C@@H](C)Oc3ccccc3CC[C@H](C)NC2=O)cc1. The molecule has 2 aromatic carbocycles. The van der Waals surface area contributed by atoms with Gasteiger partial charge in [0.1, 0.15) is 29.7 Å². The number of fused-ring (bicyclic) bond motifs is 1. The molecule has 2 aromatic rings. The van der Waals surface area contributed by atoms with Crippen molar-refractivity contribution in [2.45, 2.75) is 89.6 Å². The van der Waals surface area contributed by atoms with Gasteiger partial charge < -0.3 is 30.3 Å². The molecule has 3 amide bonds. The fourth-order valence-electron chi connectivity index (χ4n) is 5.42. The molecule has 1 aliphatic heterocycles. The van der Waals surface area contributed by atoms with Crippen molar-refractivity contribution in [2.24, 2.45) is 5.92 Å². The van der Waals surface area contributed by atoms with E-state index in [4.69, 9.17) is 9.47 Å². The van der Waals surface area contributed by atoms with E-state index in [1.807, 2.05) is 69.3 Å². The average molecular weight is 579 g/mol. The van der Waals surface area contributed by atoms with Crippen molar-refractivity contribution in [1.29, 1.82) is 0 Å². The van der Waals surface area contributed by atoms with E-state index < -0.39 is 18.1 Å². The van der Waals surface area contributed by atoms with Gasteiger partial charge in [-0.25, -0.2) is 0 Å². The highest BCUT2D eigenvalue weighted by molar-refractivity contribution is 5.93. The molecule has 1 saturated carbocycles. The number of aryl methyl sites for hydroxylation is 1. The quantitative estimate of drug-likeness (QED) is 0.513. The smallest absolute Gasteiger partial charge is 0.243 e. The van der Waals surface area contributed by atoms with E-state index in [0.717, 1.165) is 29.7 Å². The summed E-state index contributed by atoms with van der Waals surface area (Å²) < 4.78 is 11.6. The largest absolute Gasteiger partial charge is 0.497 e. The summed E-state index contributed by atoms with van der Waals surface area (Å²) in [7, 11) is 3.26. The van der Waals surface area contributed by atoms with Crippen molar-refractivity contribution in [1.82, 2.24) is 20.9 Å². The molecule has 9 heteroatoms. The van der Waals surface area contributed by atoms with Crippen molar-refractivity contribution in [3.63, 3.8) is 0 Å². The maximum absolute atomic E-state index is 13.7. The van der Waals surface area contributed by atoms with Crippen molar-refractivity contribution in [3.8, 4) is 11.5 Å². The maximum atomic E-state index is 13.7. The van der Waals surface area contributed by atoms with E-state index in [1.54, 1.807) is 21.1 Å². The Balaban J connectivity index is 1.62. The van der Waals surface area contributed by atoms with Crippen LogP contribution in [-0.4, -0.2) is 73.6 Å². The summed E-state index contributed by atoms with van der Waals surface area (Å²) in [6.07, 6.45) is 3.19. The van der Waals surface area contributed by atoms with E-state index in [1.165, 1.54) is 4.90 Å². The van der Waals surface area contributed by atoms with Gasteiger partial charge in [-0.15, -0.1) is 0 Å². The van der Waals surface area contributed by atoms with Gasteiger partial charge in [-0.2, -0.15) is 0 Å². The monoisotopic (exact) mass is 578 g/mol. The van der Waals surface area contributed by atoms with E-state index in [0.29, 0.717) is 25.1 Å². The number of carbonyl (C=O) groups excluding carboxylic acids is 3. The first kappa shape index (κ1) is 31.3. The lowest BCUT2D eigenvalue weighted by Crippen LogP contribution is -2.58. The van der Waals surface area contributed by atoms with Gasteiger partial charge in [0.15, 0.2) is 0 Å². The van der Waals surface area contributed by atoms with Gasteiger partial charge in [-0.3, -0.25) is 14.4 Å². The van der Waals surface area contributed by atoms with Crippen molar-refractivity contribution < 1.29 is 23.9 Å². The van der Waals surface area contributed by atoms with Crippen LogP contribution in [0, 0.1) is 5.92 Å². The second-order valence-electron chi connectivity index (χ2n) is 11.9. The zero-order chi connectivity index (χ0) is 30.4. The minimum Gasteiger partial charge on any atom is -0.497 e. The highest BCUT2D eigenvalue weighted by Gasteiger charge is 2.40. The summed E-state index contributed by atoms with van der Waals surface area (Å²) in [4.78, 5) is 42.4. The zero-order valence-corrected chi connectivity index (χ0v) is 25.7. The number of amides is 3. The van der Waals surface area contributed by atoms with E-state index >= 15 is 0 Å². The van der Waals surface area contributed by atoms with Gasteiger partial charge in [0, 0.05) is 25.6 Å². The molecule has 42 heavy (non-hydrogen) atoms. The maximum Gasteiger partial charge on any atom is 0.243 e. The highest BCUT2D eigenvalue weighted by Crippen LogP contribution is 2.34. The van der Waals surface area contributed by atoms with Crippen molar-refractivity contribution in [2.75, 3.05) is 20.7 Å². The Morgan fingerprint density at radius 2 is 1.62 bits per heavy atom. The van der Waals surface area contributed by atoms with E-state index in [9.17, 15) is 14.4 Å². The molecule has 6 atom stereocenters. The van der Waals surface area contributed by atoms with E-state index in [2.05, 4.69) is 16.0 Å². The van der Waals surface area contributed by atoms with Crippen LogP contribution in [0.3, 0.4) is 0 Å². The molecule has 0 bridgehead atoms. The molecule has 0 spiro atoms. The molecule has 1 unspecified atom stereocenters. The number of nitrogens with zero attached hydrogens (tertiary/aromatic N) is 1. The highest BCUT2D eigenvalue weighted by atomic mass is 16.5. The van der Waals surface area contributed by atoms with Crippen LogP contribution in [0.2, 0.25) is 0 Å². The van der Waals surface area contributed by atoms with Crippen LogP contribution in [0.25, 0.3) is 0 Å². The minimum absolute atomic E-state index is 0.133. The Kier molecular flexibility index (Phi) is 10.5. The lowest BCUT2D eigenvalue weighted by Gasteiger charge is -2.32. The number of rotatable bonds is 4. The number of hydrogen-bond donors (Lipinski definition) is 3. The molecule has 1 fully saturated rings. The molecule has 2 aliphatic rings. The summed E-state index contributed by atoms with van der Waals surface area (Å²) in [5.41, 5.74) is 1.95. The molecule has 4 rings (SSSR count). The van der Waals surface area contributed by atoms with Crippen LogP contribution < -0.4 is 25.4 Å². The van der Waals surface area contributed by atoms with Crippen LogP contribution in [-0.2, 0) is 20.8 Å². The van der Waals surface area contributed by atoms with Gasteiger partial charge in [0.25, 0.3) is 0 Å². The molecule has 0 aromatic heterocycles. The molecule has 1 heterocycles. The number of methoxy groups -OCH3 is 1. The molecule has 0 saturated heterocycles. The van der Waals surface area contributed by atoms with Gasteiger partial charge in [-0.05, 0) is 81.7 Å². The summed E-state index contributed by atoms with van der Waals surface area (Å²) in [6.45, 7) is 8.08. The average Bonchev–Trinajstić information content (AvgIpc) is 3.83. The standard InChI is InChI=1S/C33H46N4O5/c1-20-11-12-25-9-7-8-10-28(25)42-21(2)19-34-30(26-13-14-26)33(40)37(5)23(4)31(38)36-29(32(39)35-20)22(3)24-15-17-27(41-6)18-16-24/h7-10,15-18,20-23,26,29-30,34H,11-14,19H2,1-6H3,(H,35,39)(H,36,38)/t20-,21+,22?,23+,29+,30-/m0/s1. The molecular weight excluding hydrogens is 532 g/mol. The van der Waals surface area contributed by atoms with Gasteiger partial charge >= 0.3 is 0 Å². The fraction of sp³-hybridized carbons (Fsp3) is 0.545. The Hall–Kier alpha value is -3.59. The van der Waals surface area contributed by atoms with Crippen molar-refractivity contribution in [3.05, 3.63) is 59.7 Å². The fourth-order valence-corrected chi connectivity index (χ4v) is 5.42. The van der Waals surface area contributed by atoms with Crippen LogP contribution in [0.1, 0.15) is 64.0 Å². The van der Waals surface area contributed by atoms with E-state index in [-0.39, 0.29) is 41.7 Å². The number of ether oxygens (including phenoxy) is 2. The topological polar surface area (TPSA) is 109 Å². The third-order valence-electron chi connectivity index (χ3n) is 8.55. The number of carbonyl (C=O) groups is 3. The number of para-hydroxylation sites is 1. The molecule has 0 radical (unpaired) electrons. The third kappa shape index (κ3) is 7.82. The van der Waals surface area contributed by atoms with Gasteiger partial charge in [0.2, 0.25) is 17.7 Å². The first-order chi connectivity index (χ1) is 20.1. The normalized spacial score (nSPS) is 27.4. The molecule has 3 N–H and O–H groups in total. The number of likely N-dealkylation sites (N-methyl/N-ethyl adjacent to an activating group) is 1. The first-order valence-electron chi connectivity index (χ1n) is 15.1. The predicted molar refractivity (Wildman–Crippen MR) is 163 cm³/mol. The summed E-state index contributed by atoms with van der Waals surface area (Å²) in [6, 6.07) is 13.3. The lowest BCUT2D eigenvalue weighted by atomic mass is 9.91. The lowest BCUT2D eigenvalue weighted by molar-refractivity contribution is -0.141. The van der Waals surface area contributed by atoms with Crippen molar-refractivity contribution >= 4 is 17.7 Å². The second kappa shape index (κ2) is 14.1. The zero-order valence-electron chi connectivity index (χ0n) is 25.7. The number of benzene rings is 2. The minimum atomic E-state index is -0.841. The third-order valence-corrected chi connectivity index (χ3v) is 8.55. The Labute approximate surface area is 249 Å². The Morgan fingerprint density at radius 3 is 2.29 bits per heavy atom. The van der Waals surface area contributed by atoms with Crippen LogP contribution in [0.5, 0.6) is 11.5 Å². The van der Waals surface area contributed by atoms with Crippen LogP contribution in [0.4, 0.5) is 0 Å². The summed E-state index contributed by atoms with van der Waals surface area (Å²) in [5.74, 6) is 0.649. The van der Waals surface area contributed by atoms with Crippen LogP contribution >= 0.6 is 0 Å². The van der Waals surface area contributed by atoms with Crippen LogP contribution in [0.15, 0.2) is 48.5 Å². The predicted octanol–water partition coefficient (Wildman–Crippen LogP) is 3.42. The molecular formula is C33H46N4O5. The van der Waals surface area contributed by atoms with Gasteiger partial charge in [0.05, 0.1) is 13.2 Å². The summed E-state index contributed by atoms with van der Waals surface area (Å²) >= 11 is 0.